The van der Waals surface area contributed by atoms with E-state index in [1.54, 1.807) is 6.07 Å². The van der Waals surface area contributed by atoms with Gasteiger partial charge in [0.25, 0.3) is 11.8 Å². The van der Waals surface area contributed by atoms with Crippen molar-refractivity contribution < 1.29 is 9.59 Å². The van der Waals surface area contributed by atoms with E-state index in [-0.39, 0.29) is 17.9 Å². The molecule has 24 heavy (non-hydrogen) atoms. The van der Waals surface area contributed by atoms with E-state index in [9.17, 15) is 9.59 Å². The van der Waals surface area contributed by atoms with Gasteiger partial charge in [0.05, 0.1) is 11.1 Å². The zero-order valence-corrected chi connectivity index (χ0v) is 14.9. The minimum atomic E-state index is -0.278. The molecule has 1 aromatic carbocycles. The number of anilines is 1. The Bertz CT molecular complexity index is 862. The maximum Gasteiger partial charge on any atom is 0.264 e. The van der Waals surface area contributed by atoms with Crippen molar-refractivity contribution >= 4 is 29.3 Å². The van der Waals surface area contributed by atoms with Gasteiger partial charge < -0.3 is 5.73 Å². The lowest BCUT2D eigenvalue weighted by molar-refractivity contribution is 0.0608. The van der Waals surface area contributed by atoms with E-state index >= 15 is 0 Å². The highest BCUT2D eigenvalue weighted by Crippen LogP contribution is 2.36. The van der Waals surface area contributed by atoms with Crippen molar-refractivity contribution in [2.75, 3.05) is 5.73 Å². The monoisotopic (exact) mass is 341 g/mol. The number of nitrogens with zero attached hydrogens (tertiary/aromatic N) is 2. The van der Waals surface area contributed by atoms with Gasteiger partial charge in [-0.15, -0.1) is 0 Å². The molecule has 1 aliphatic heterocycles. The Morgan fingerprint density at radius 3 is 2.46 bits per heavy atom. The molecule has 1 aliphatic rings. The van der Waals surface area contributed by atoms with Crippen LogP contribution in [0.2, 0.25) is 0 Å². The van der Waals surface area contributed by atoms with Crippen molar-refractivity contribution in [1.82, 2.24) is 9.88 Å². The number of hydrogen-bond acceptors (Lipinski definition) is 5. The van der Waals surface area contributed by atoms with E-state index in [0.717, 1.165) is 10.5 Å². The van der Waals surface area contributed by atoms with Crippen LogP contribution in [-0.4, -0.2) is 27.7 Å². The van der Waals surface area contributed by atoms with Crippen LogP contribution in [0.5, 0.6) is 0 Å². The molecule has 0 saturated heterocycles. The number of fused-ring (bicyclic) bond motifs is 1. The predicted octanol–water partition coefficient (Wildman–Crippen LogP) is 3.44. The van der Waals surface area contributed by atoms with Crippen molar-refractivity contribution in [3.8, 4) is 0 Å². The Labute approximate surface area is 145 Å². The minimum Gasteiger partial charge on any atom is -0.398 e. The molecule has 0 saturated carbocycles. The normalized spacial score (nSPS) is 13.8. The van der Waals surface area contributed by atoms with Crippen molar-refractivity contribution in [3.05, 3.63) is 46.6 Å². The summed E-state index contributed by atoms with van der Waals surface area (Å²) in [6.45, 7) is 7.42. The predicted molar refractivity (Wildman–Crippen MR) is 94.3 cm³/mol. The molecule has 2 N–H and O–H groups in total. The van der Waals surface area contributed by atoms with Crippen LogP contribution in [0.1, 0.15) is 45.8 Å². The summed E-state index contributed by atoms with van der Waals surface area (Å²) in [7, 11) is 0. The first-order chi connectivity index (χ1) is 11.3. The maximum atomic E-state index is 12.7. The lowest BCUT2D eigenvalue weighted by atomic mass is 10.1. The SMILES string of the molecule is Cc1cc2c(c(Sc3ccc(C)c(N)c3)n1)C(=O)N(C(C)C)C2=O. The number of hydrogen-bond donors (Lipinski definition) is 1. The molecule has 0 atom stereocenters. The van der Waals surface area contributed by atoms with Crippen LogP contribution in [0, 0.1) is 13.8 Å². The van der Waals surface area contributed by atoms with Crippen molar-refractivity contribution in [3.63, 3.8) is 0 Å². The van der Waals surface area contributed by atoms with Crippen LogP contribution < -0.4 is 5.73 Å². The first-order valence-corrected chi connectivity index (χ1v) is 8.54. The van der Waals surface area contributed by atoms with Gasteiger partial charge in [0, 0.05) is 22.3 Å². The second kappa shape index (κ2) is 5.94. The molecule has 0 spiro atoms. The average Bonchev–Trinajstić information content (AvgIpc) is 2.74. The molecule has 2 aromatic rings. The quantitative estimate of drug-likeness (QED) is 0.683. The van der Waals surface area contributed by atoms with Gasteiger partial charge in [-0.2, -0.15) is 0 Å². The summed E-state index contributed by atoms with van der Waals surface area (Å²) < 4.78 is 0. The summed E-state index contributed by atoms with van der Waals surface area (Å²) in [5, 5.41) is 0.551. The molecule has 3 rings (SSSR count). The summed E-state index contributed by atoms with van der Waals surface area (Å²) in [4.78, 5) is 31.9. The summed E-state index contributed by atoms with van der Waals surface area (Å²) in [6.07, 6.45) is 0. The first kappa shape index (κ1) is 16.5. The average molecular weight is 341 g/mol. The van der Waals surface area contributed by atoms with E-state index in [1.807, 2.05) is 45.9 Å². The largest absolute Gasteiger partial charge is 0.398 e. The van der Waals surface area contributed by atoms with Gasteiger partial charge in [-0.3, -0.25) is 14.5 Å². The zero-order chi connectivity index (χ0) is 17.6. The number of pyridine rings is 1. The highest BCUT2D eigenvalue weighted by Gasteiger charge is 2.40. The van der Waals surface area contributed by atoms with E-state index < -0.39 is 0 Å². The van der Waals surface area contributed by atoms with Crippen LogP contribution in [0.4, 0.5) is 5.69 Å². The molecular weight excluding hydrogens is 322 g/mol. The standard InChI is InChI=1S/C18H19N3O2S/c1-9(2)21-17(22)13-7-11(4)20-16(15(13)18(21)23)24-12-6-5-10(3)14(19)8-12/h5-9H,19H2,1-4H3. The van der Waals surface area contributed by atoms with Crippen LogP contribution >= 0.6 is 11.8 Å². The van der Waals surface area contributed by atoms with E-state index in [0.29, 0.717) is 27.5 Å². The Morgan fingerprint density at radius 2 is 1.83 bits per heavy atom. The number of imide groups is 1. The highest BCUT2D eigenvalue weighted by molar-refractivity contribution is 7.99. The molecule has 2 amide bonds. The molecule has 6 heteroatoms. The fraction of sp³-hybridized carbons (Fsp3) is 0.278. The lowest BCUT2D eigenvalue weighted by Crippen LogP contribution is -2.36. The molecule has 2 heterocycles. The molecule has 124 valence electrons. The third kappa shape index (κ3) is 2.67. The van der Waals surface area contributed by atoms with Gasteiger partial charge in [0.15, 0.2) is 0 Å². The minimum absolute atomic E-state index is 0.189. The molecule has 0 aliphatic carbocycles. The van der Waals surface area contributed by atoms with Crippen LogP contribution in [0.15, 0.2) is 34.2 Å². The number of amides is 2. The number of carbonyl (C=O) groups is 2. The van der Waals surface area contributed by atoms with E-state index in [2.05, 4.69) is 4.98 Å². The Morgan fingerprint density at radius 1 is 1.12 bits per heavy atom. The van der Waals surface area contributed by atoms with Gasteiger partial charge in [0.2, 0.25) is 0 Å². The topological polar surface area (TPSA) is 76.3 Å². The molecule has 1 aromatic heterocycles. The summed E-state index contributed by atoms with van der Waals surface area (Å²) in [6, 6.07) is 7.23. The molecule has 5 nitrogen and oxygen atoms in total. The van der Waals surface area contributed by atoms with Crippen LogP contribution in [0.25, 0.3) is 0 Å². The van der Waals surface area contributed by atoms with Gasteiger partial charge in [0.1, 0.15) is 5.03 Å². The number of nitrogen functional groups attached to an aromatic ring is 1. The highest BCUT2D eigenvalue weighted by atomic mass is 32.2. The van der Waals surface area contributed by atoms with Crippen molar-refractivity contribution in [1.29, 1.82) is 0 Å². The molecule has 0 bridgehead atoms. The fourth-order valence-electron chi connectivity index (χ4n) is 2.70. The maximum absolute atomic E-state index is 12.7. The summed E-state index contributed by atoms with van der Waals surface area (Å²) in [5.74, 6) is -0.527. The van der Waals surface area contributed by atoms with Gasteiger partial charge in [-0.25, -0.2) is 4.98 Å². The van der Waals surface area contributed by atoms with Crippen LogP contribution in [0.3, 0.4) is 0 Å². The van der Waals surface area contributed by atoms with Crippen molar-refractivity contribution in [2.45, 2.75) is 43.7 Å². The second-order valence-corrected chi connectivity index (χ2v) is 7.25. The molecule has 0 unspecified atom stereocenters. The molecule has 0 radical (unpaired) electrons. The second-order valence-electron chi connectivity index (χ2n) is 6.19. The van der Waals surface area contributed by atoms with Gasteiger partial charge in [-0.1, -0.05) is 17.8 Å². The third-order valence-electron chi connectivity index (χ3n) is 3.98. The Kier molecular flexibility index (Phi) is 4.09. The lowest BCUT2D eigenvalue weighted by Gasteiger charge is -2.17. The molecule has 0 fully saturated rings. The summed E-state index contributed by atoms with van der Waals surface area (Å²) in [5.41, 5.74) is 9.19. The number of aromatic nitrogens is 1. The zero-order valence-electron chi connectivity index (χ0n) is 14.1. The first-order valence-electron chi connectivity index (χ1n) is 7.73. The Balaban J connectivity index is 2.08. The third-order valence-corrected chi connectivity index (χ3v) is 4.96. The smallest absolute Gasteiger partial charge is 0.264 e. The van der Waals surface area contributed by atoms with E-state index in [1.165, 1.54) is 16.7 Å². The van der Waals surface area contributed by atoms with E-state index in [4.69, 9.17) is 5.73 Å². The number of rotatable bonds is 3. The Hall–Kier alpha value is -2.34. The molecular formula is C18H19N3O2S. The number of nitrogens with two attached hydrogens (primary N) is 1. The van der Waals surface area contributed by atoms with Gasteiger partial charge in [-0.05, 0) is 51.5 Å². The number of aryl methyl sites for hydroxylation is 2. The van der Waals surface area contributed by atoms with Gasteiger partial charge >= 0.3 is 0 Å². The fourth-order valence-corrected chi connectivity index (χ4v) is 3.73. The van der Waals surface area contributed by atoms with Crippen molar-refractivity contribution in [2.24, 2.45) is 0 Å². The van der Waals surface area contributed by atoms with Crippen LogP contribution in [-0.2, 0) is 0 Å². The summed E-state index contributed by atoms with van der Waals surface area (Å²) >= 11 is 1.36. The number of benzene rings is 1. The number of carbonyl (C=O) groups excluding carboxylic acids is 2.